The number of hydrogen-bond donors (Lipinski definition) is 3. The van der Waals surface area contributed by atoms with Crippen molar-refractivity contribution in [1.82, 2.24) is 20.8 Å². The molecule has 3 N–H and O–H groups in total. The summed E-state index contributed by atoms with van der Waals surface area (Å²) in [7, 11) is 0. The second-order valence-corrected chi connectivity index (χ2v) is 9.20. The monoisotopic (exact) mass is 419 g/mol. The Morgan fingerprint density at radius 2 is 2.07 bits per heavy atom. The molecular formula is C20H29N5O3S. The van der Waals surface area contributed by atoms with Crippen LogP contribution in [0.1, 0.15) is 40.5 Å². The van der Waals surface area contributed by atoms with Gasteiger partial charge in [0.25, 0.3) is 0 Å². The molecule has 1 atom stereocenters. The second kappa shape index (κ2) is 8.86. The molecule has 8 nitrogen and oxygen atoms in total. The maximum atomic E-state index is 12.4. The van der Waals surface area contributed by atoms with Gasteiger partial charge in [0.15, 0.2) is 5.82 Å². The van der Waals surface area contributed by atoms with Gasteiger partial charge in [-0.15, -0.1) is 11.3 Å². The van der Waals surface area contributed by atoms with Gasteiger partial charge in [-0.25, -0.2) is 4.79 Å². The fourth-order valence-corrected chi connectivity index (χ4v) is 3.85. The quantitative estimate of drug-likeness (QED) is 0.691. The predicted octanol–water partition coefficient (Wildman–Crippen LogP) is 3.14. The molecule has 2 aromatic heterocycles. The number of anilines is 1. The molecule has 0 radical (unpaired) electrons. The van der Waals surface area contributed by atoms with Crippen LogP contribution in [0.2, 0.25) is 0 Å². The molecule has 3 rings (SSSR count). The minimum Gasteiger partial charge on any atom is -0.444 e. The van der Waals surface area contributed by atoms with Crippen molar-refractivity contribution in [1.29, 1.82) is 0 Å². The topological polar surface area (TPSA) is 99.3 Å². The Labute approximate surface area is 175 Å². The van der Waals surface area contributed by atoms with Crippen LogP contribution in [0.3, 0.4) is 0 Å². The molecule has 0 unspecified atom stereocenters. The molecule has 0 aromatic carbocycles. The fraction of sp³-hybridized carbons (Fsp3) is 0.550. The highest BCUT2D eigenvalue weighted by Gasteiger charge is 2.26. The molecular weight excluding hydrogens is 390 g/mol. The van der Waals surface area contributed by atoms with Crippen molar-refractivity contribution >= 4 is 29.2 Å². The molecule has 29 heavy (non-hydrogen) atoms. The first-order valence-corrected chi connectivity index (χ1v) is 10.7. The van der Waals surface area contributed by atoms with Crippen molar-refractivity contribution in [2.24, 2.45) is 0 Å². The average molecular weight is 420 g/mol. The summed E-state index contributed by atoms with van der Waals surface area (Å²) in [5.74, 6) is 0.729. The van der Waals surface area contributed by atoms with E-state index in [0.717, 1.165) is 42.3 Å². The molecule has 158 valence electrons. The normalized spacial score (nSPS) is 16.3. The molecule has 2 aromatic rings. The van der Waals surface area contributed by atoms with Crippen molar-refractivity contribution in [2.75, 3.05) is 18.0 Å². The van der Waals surface area contributed by atoms with Gasteiger partial charge in [0, 0.05) is 25.2 Å². The summed E-state index contributed by atoms with van der Waals surface area (Å²) in [6.45, 7) is 8.64. The van der Waals surface area contributed by atoms with E-state index in [1.807, 2.05) is 11.4 Å². The van der Waals surface area contributed by atoms with E-state index in [9.17, 15) is 9.59 Å². The van der Waals surface area contributed by atoms with Crippen molar-refractivity contribution in [3.63, 3.8) is 0 Å². The van der Waals surface area contributed by atoms with Gasteiger partial charge >= 0.3 is 6.09 Å². The standard InChI is InChI=1S/C20H29N5O3S/c1-13(21-19(27)28-20(2,3)4)18(26)22-14-7-9-25(10-8-14)17-12-15(23-24-17)16-6-5-11-29-16/h5-6,11-14H,7-10H2,1-4H3,(H,21,27)(H,22,26)(H,23,24)/t13-/m0/s1. The number of aromatic amines is 1. The van der Waals surface area contributed by atoms with Crippen molar-refractivity contribution < 1.29 is 14.3 Å². The lowest BCUT2D eigenvalue weighted by Crippen LogP contribution is -2.51. The molecule has 1 saturated heterocycles. The number of aromatic nitrogens is 2. The van der Waals surface area contributed by atoms with Crippen molar-refractivity contribution in [3.8, 4) is 10.6 Å². The number of ether oxygens (including phenoxy) is 1. The number of carbonyl (C=O) groups is 2. The lowest BCUT2D eigenvalue weighted by molar-refractivity contribution is -0.123. The SMILES string of the molecule is C[C@H](NC(=O)OC(C)(C)C)C(=O)NC1CCN(c2cc(-c3cccs3)[nH]n2)CC1. The molecule has 1 aliphatic rings. The van der Waals surface area contributed by atoms with Gasteiger partial charge < -0.3 is 20.3 Å². The maximum absolute atomic E-state index is 12.4. The van der Waals surface area contributed by atoms with Crippen LogP contribution >= 0.6 is 11.3 Å². The van der Waals surface area contributed by atoms with E-state index >= 15 is 0 Å². The highest BCUT2D eigenvalue weighted by atomic mass is 32.1. The number of H-pyrrole nitrogens is 1. The van der Waals surface area contributed by atoms with Gasteiger partial charge in [0.1, 0.15) is 11.6 Å². The zero-order valence-electron chi connectivity index (χ0n) is 17.3. The second-order valence-electron chi connectivity index (χ2n) is 8.25. The summed E-state index contributed by atoms with van der Waals surface area (Å²) in [5, 5.41) is 15.2. The lowest BCUT2D eigenvalue weighted by Gasteiger charge is -2.33. The van der Waals surface area contributed by atoms with Crippen LogP contribution in [-0.2, 0) is 9.53 Å². The third-order valence-electron chi connectivity index (χ3n) is 4.64. The molecule has 1 fully saturated rings. The highest BCUT2D eigenvalue weighted by molar-refractivity contribution is 7.13. The Balaban J connectivity index is 1.45. The van der Waals surface area contributed by atoms with E-state index < -0.39 is 17.7 Å². The molecule has 0 bridgehead atoms. The largest absolute Gasteiger partial charge is 0.444 e. The zero-order valence-corrected chi connectivity index (χ0v) is 18.1. The third kappa shape index (κ3) is 5.96. The Morgan fingerprint density at radius 1 is 1.34 bits per heavy atom. The first kappa shape index (κ1) is 21.2. The summed E-state index contributed by atoms with van der Waals surface area (Å²) in [6.07, 6.45) is 1.06. The van der Waals surface area contributed by atoms with E-state index in [1.54, 1.807) is 39.0 Å². The zero-order chi connectivity index (χ0) is 21.0. The smallest absolute Gasteiger partial charge is 0.408 e. The van der Waals surface area contributed by atoms with Gasteiger partial charge in [0.05, 0.1) is 10.6 Å². The number of carbonyl (C=O) groups excluding carboxylic acids is 2. The van der Waals surface area contributed by atoms with Crippen molar-refractivity contribution in [3.05, 3.63) is 23.6 Å². The predicted molar refractivity (Wildman–Crippen MR) is 114 cm³/mol. The maximum Gasteiger partial charge on any atom is 0.408 e. The Hall–Kier alpha value is -2.55. The summed E-state index contributed by atoms with van der Waals surface area (Å²) >= 11 is 1.68. The molecule has 0 aliphatic carbocycles. The van der Waals surface area contributed by atoms with Crippen LogP contribution in [0.5, 0.6) is 0 Å². The van der Waals surface area contributed by atoms with Gasteiger partial charge in [-0.2, -0.15) is 5.10 Å². The summed E-state index contributed by atoms with van der Waals surface area (Å²) in [5.41, 5.74) is 0.426. The first-order chi connectivity index (χ1) is 13.7. The number of thiophene rings is 1. The van der Waals surface area contributed by atoms with Gasteiger partial charge in [-0.1, -0.05) is 6.07 Å². The number of alkyl carbamates (subject to hydrolysis) is 1. The van der Waals surface area contributed by atoms with Crippen LogP contribution in [0, 0.1) is 0 Å². The number of hydrogen-bond acceptors (Lipinski definition) is 6. The number of nitrogens with zero attached hydrogens (tertiary/aromatic N) is 2. The Bertz CT molecular complexity index is 820. The molecule has 0 spiro atoms. The first-order valence-electron chi connectivity index (χ1n) is 9.85. The average Bonchev–Trinajstić information content (AvgIpc) is 3.32. The third-order valence-corrected chi connectivity index (χ3v) is 5.55. The van der Waals surface area contributed by atoms with Gasteiger partial charge in [-0.05, 0) is 52.0 Å². The van der Waals surface area contributed by atoms with Crippen LogP contribution in [0.25, 0.3) is 10.6 Å². The Morgan fingerprint density at radius 3 is 2.69 bits per heavy atom. The van der Waals surface area contributed by atoms with Crippen LogP contribution in [0.15, 0.2) is 23.6 Å². The van der Waals surface area contributed by atoms with E-state index in [4.69, 9.17) is 4.74 Å². The summed E-state index contributed by atoms with van der Waals surface area (Å²) < 4.78 is 5.19. The van der Waals surface area contributed by atoms with Gasteiger partial charge in [0.2, 0.25) is 5.91 Å². The van der Waals surface area contributed by atoms with E-state index in [-0.39, 0.29) is 11.9 Å². The number of amides is 2. The molecule has 2 amide bonds. The fourth-order valence-electron chi connectivity index (χ4n) is 3.16. The lowest BCUT2D eigenvalue weighted by atomic mass is 10.0. The highest BCUT2D eigenvalue weighted by Crippen LogP contribution is 2.27. The Kier molecular flexibility index (Phi) is 6.46. The molecule has 9 heteroatoms. The number of rotatable bonds is 5. The minimum absolute atomic E-state index is 0.0809. The van der Waals surface area contributed by atoms with Crippen molar-refractivity contribution in [2.45, 2.75) is 58.2 Å². The van der Waals surface area contributed by atoms with Crippen LogP contribution in [0.4, 0.5) is 10.6 Å². The number of nitrogens with one attached hydrogen (secondary N) is 3. The number of piperidine rings is 1. The van der Waals surface area contributed by atoms with E-state index in [2.05, 4.69) is 37.9 Å². The summed E-state index contributed by atoms with van der Waals surface area (Å²) in [6, 6.07) is 5.58. The molecule has 0 saturated carbocycles. The summed E-state index contributed by atoms with van der Waals surface area (Å²) in [4.78, 5) is 27.6. The molecule has 1 aliphatic heterocycles. The van der Waals surface area contributed by atoms with E-state index in [0.29, 0.717) is 0 Å². The molecule has 3 heterocycles. The van der Waals surface area contributed by atoms with Gasteiger partial charge in [-0.3, -0.25) is 9.89 Å². The van der Waals surface area contributed by atoms with Crippen LogP contribution < -0.4 is 15.5 Å². The van der Waals surface area contributed by atoms with Crippen LogP contribution in [-0.4, -0.2) is 53.0 Å². The van der Waals surface area contributed by atoms with E-state index in [1.165, 1.54) is 0 Å². The minimum atomic E-state index is -0.650.